The van der Waals surface area contributed by atoms with Crippen LogP contribution >= 0.6 is 0 Å². The smallest absolute Gasteiger partial charge is 0.313 e. The Balaban J connectivity index is 1.85. The number of nitro groups is 1. The van der Waals surface area contributed by atoms with Crippen molar-refractivity contribution in [2.24, 2.45) is 5.92 Å². The lowest BCUT2D eigenvalue weighted by Crippen LogP contribution is -2.41. The van der Waals surface area contributed by atoms with Crippen molar-refractivity contribution in [2.45, 2.75) is 19.8 Å². The van der Waals surface area contributed by atoms with E-state index in [9.17, 15) is 19.7 Å². The van der Waals surface area contributed by atoms with Gasteiger partial charge in [-0.25, -0.2) is 0 Å². The van der Waals surface area contributed by atoms with E-state index in [2.05, 4.69) is 22.6 Å². The number of nitrogens with one attached hydrogen (secondary N) is 2. The van der Waals surface area contributed by atoms with Gasteiger partial charge in [-0.3, -0.25) is 19.7 Å². The molecule has 0 unspecified atom stereocenters. The average molecular weight is 334 g/mol. The first-order valence-corrected chi connectivity index (χ1v) is 7.89. The van der Waals surface area contributed by atoms with E-state index < -0.39 is 16.7 Å². The summed E-state index contributed by atoms with van der Waals surface area (Å²) in [7, 11) is 2.06. The minimum absolute atomic E-state index is 0.0581. The predicted octanol–water partition coefficient (Wildman–Crippen LogP) is 1.30. The van der Waals surface area contributed by atoms with E-state index >= 15 is 0 Å². The van der Waals surface area contributed by atoms with E-state index in [-0.39, 0.29) is 5.69 Å². The number of hydrogen-bond acceptors (Lipinski definition) is 5. The number of non-ortho nitro benzene ring substituents is 1. The van der Waals surface area contributed by atoms with Crippen LogP contribution in [0.5, 0.6) is 0 Å². The summed E-state index contributed by atoms with van der Waals surface area (Å²) in [5.74, 6) is -1.06. The number of carbonyl (C=O) groups is 2. The summed E-state index contributed by atoms with van der Waals surface area (Å²) >= 11 is 0. The highest BCUT2D eigenvalue weighted by Crippen LogP contribution is 2.21. The number of nitrogens with zero attached hydrogens (tertiary/aromatic N) is 2. The number of nitro benzene ring substituents is 1. The summed E-state index contributed by atoms with van der Waals surface area (Å²) in [6.07, 6.45) is 2.00. The average Bonchev–Trinajstić information content (AvgIpc) is 2.55. The molecule has 1 saturated heterocycles. The molecule has 0 saturated carbocycles. The van der Waals surface area contributed by atoms with Gasteiger partial charge in [0.15, 0.2) is 0 Å². The van der Waals surface area contributed by atoms with Crippen molar-refractivity contribution >= 4 is 23.2 Å². The molecule has 2 rings (SSSR count). The van der Waals surface area contributed by atoms with Gasteiger partial charge >= 0.3 is 11.8 Å². The Labute approximate surface area is 140 Å². The molecule has 1 aliphatic rings. The third kappa shape index (κ3) is 4.76. The SMILES string of the molecule is Cc1cc([N+](=O)[O-])ccc1NC(=O)C(=O)NCC1CCN(C)CC1. The van der Waals surface area contributed by atoms with Gasteiger partial charge < -0.3 is 15.5 Å². The number of aryl methyl sites for hydroxylation is 1. The summed E-state index contributed by atoms with van der Waals surface area (Å²) < 4.78 is 0. The Morgan fingerprint density at radius 3 is 2.54 bits per heavy atom. The van der Waals surface area contributed by atoms with Gasteiger partial charge in [0.1, 0.15) is 0 Å². The second-order valence-electron chi connectivity index (χ2n) is 6.17. The first kappa shape index (κ1) is 17.9. The molecule has 1 fully saturated rings. The van der Waals surface area contributed by atoms with Gasteiger partial charge in [-0.05, 0) is 57.5 Å². The van der Waals surface area contributed by atoms with Crippen LogP contribution in [-0.4, -0.2) is 48.3 Å². The molecule has 24 heavy (non-hydrogen) atoms. The van der Waals surface area contributed by atoms with Gasteiger partial charge in [-0.1, -0.05) is 0 Å². The van der Waals surface area contributed by atoms with Crippen LogP contribution in [0.2, 0.25) is 0 Å². The van der Waals surface area contributed by atoms with Crippen LogP contribution in [0, 0.1) is 23.0 Å². The Morgan fingerprint density at radius 1 is 1.29 bits per heavy atom. The molecule has 1 aliphatic heterocycles. The van der Waals surface area contributed by atoms with E-state index in [0.29, 0.717) is 23.7 Å². The highest BCUT2D eigenvalue weighted by molar-refractivity contribution is 6.39. The normalized spacial score (nSPS) is 15.8. The third-order valence-electron chi connectivity index (χ3n) is 4.26. The lowest BCUT2D eigenvalue weighted by Gasteiger charge is -2.28. The van der Waals surface area contributed by atoms with E-state index in [1.54, 1.807) is 6.92 Å². The van der Waals surface area contributed by atoms with E-state index in [4.69, 9.17) is 0 Å². The van der Waals surface area contributed by atoms with Crippen LogP contribution in [0.25, 0.3) is 0 Å². The zero-order chi connectivity index (χ0) is 17.7. The third-order valence-corrected chi connectivity index (χ3v) is 4.26. The highest BCUT2D eigenvalue weighted by atomic mass is 16.6. The molecule has 130 valence electrons. The molecule has 0 radical (unpaired) electrons. The van der Waals surface area contributed by atoms with Crippen molar-refractivity contribution in [3.8, 4) is 0 Å². The van der Waals surface area contributed by atoms with Crippen molar-refractivity contribution in [3.05, 3.63) is 33.9 Å². The van der Waals surface area contributed by atoms with E-state index in [0.717, 1.165) is 25.9 Å². The van der Waals surface area contributed by atoms with Gasteiger partial charge in [0.2, 0.25) is 0 Å². The molecule has 1 aromatic rings. The molecule has 2 N–H and O–H groups in total. The molecule has 0 spiro atoms. The second kappa shape index (κ2) is 7.87. The number of amides is 2. The standard InChI is InChI=1S/C16H22N4O4/c1-11-9-13(20(23)24)3-4-14(11)18-16(22)15(21)17-10-12-5-7-19(2)8-6-12/h3-4,9,12H,5-8,10H2,1-2H3,(H,17,21)(H,18,22). The minimum atomic E-state index is -0.764. The Bertz CT molecular complexity index is 639. The van der Waals surface area contributed by atoms with Crippen molar-refractivity contribution in [1.82, 2.24) is 10.2 Å². The van der Waals surface area contributed by atoms with Crippen LogP contribution in [0.15, 0.2) is 18.2 Å². The Morgan fingerprint density at radius 2 is 1.96 bits per heavy atom. The number of benzene rings is 1. The zero-order valence-corrected chi connectivity index (χ0v) is 13.9. The highest BCUT2D eigenvalue weighted by Gasteiger charge is 2.20. The molecule has 1 aromatic carbocycles. The maximum atomic E-state index is 11.9. The summed E-state index contributed by atoms with van der Waals surface area (Å²) in [6.45, 7) is 4.11. The Hall–Kier alpha value is -2.48. The van der Waals surface area contributed by atoms with Gasteiger partial charge in [0.05, 0.1) is 4.92 Å². The molecule has 1 heterocycles. The van der Waals surface area contributed by atoms with E-state index in [1.165, 1.54) is 18.2 Å². The molecule has 8 heteroatoms. The maximum absolute atomic E-state index is 11.9. The molecule has 8 nitrogen and oxygen atoms in total. The topological polar surface area (TPSA) is 105 Å². The fraction of sp³-hybridized carbons (Fsp3) is 0.500. The second-order valence-corrected chi connectivity index (χ2v) is 6.17. The lowest BCUT2D eigenvalue weighted by atomic mass is 9.97. The van der Waals surface area contributed by atoms with Gasteiger partial charge in [-0.15, -0.1) is 0 Å². The largest absolute Gasteiger partial charge is 0.348 e. The maximum Gasteiger partial charge on any atom is 0.313 e. The lowest BCUT2D eigenvalue weighted by molar-refractivity contribution is -0.384. The van der Waals surface area contributed by atoms with Crippen LogP contribution in [0.4, 0.5) is 11.4 Å². The number of piperidine rings is 1. The first-order valence-electron chi connectivity index (χ1n) is 7.89. The quantitative estimate of drug-likeness (QED) is 0.490. The Kier molecular flexibility index (Phi) is 5.86. The number of carbonyl (C=O) groups excluding carboxylic acids is 2. The zero-order valence-electron chi connectivity index (χ0n) is 13.9. The van der Waals surface area contributed by atoms with Crippen LogP contribution in [-0.2, 0) is 9.59 Å². The predicted molar refractivity (Wildman–Crippen MR) is 89.7 cm³/mol. The monoisotopic (exact) mass is 334 g/mol. The van der Waals surface area contributed by atoms with Crippen LogP contribution in [0.1, 0.15) is 18.4 Å². The van der Waals surface area contributed by atoms with Crippen molar-refractivity contribution in [2.75, 3.05) is 32.0 Å². The van der Waals surface area contributed by atoms with Gasteiger partial charge in [0, 0.05) is 24.4 Å². The summed E-state index contributed by atoms with van der Waals surface area (Å²) in [5.41, 5.74) is 0.859. The summed E-state index contributed by atoms with van der Waals surface area (Å²) in [4.78, 5) is 36.3. The van der Waals surface area contributed by atoms with Crippen LogP contribution in [0.3, 0.4) is 0 Å². The van der Waals surface area contributed by atoms with Crippen molar-refractivity contribution in [3.63, 3.8) is 0 Å². The number of likely N-dealkylation sites (tertiary alicyclic amines) is 1. The number of rotatable bonds is 4. The summed E-state index contributed by atoms with van der Waals surface area (Å²) in [5, 5.41) is 15.8. The molecule has 0 aliphatic carbocycles. The molecule has 0 bridgehead atoms. The molecule has 0 aromatic heterocycles. The number of anilines is 1. The molecular formula is C16H22N4O4. The van der Waals surface area contributed by atoms with Crippen molar-refractivity contribution in [1.29, 1.82) is 0 Å². The molecular weight excluding hydrogens is 312 g/mol. The van der Waals surface area contributed by atoms with E-state index in [1.807, 2.05) is 0 Å². The van der Waals surface area contributed by atoms with Gasteiger partial charge in [0.25, 0.3) is 5.69 Å². The minimum Gasteiger partial charge on any atom is -0.348 e. The van der Waals surface area contributed by atoms with Crippen molar-refractivity contribution < 1.29 is 14.5 Å². The fourth-order valence-electron chi connectivity index (χ4n) is 2.66. The summed E-state index contributed by atoms with van der Waals surface area (Å²) in [6, 6.07) is 4.07. The van der Waals surface area contributed by atoms with Crippen LogP contribution < -0.4 is 10.6 Å². The molecule has 2 amide bonds. The first-order chi connectivity index (χ1) is 11.4. The molecule has 0 atom stereocenters. The van der Waals surface area contributed by atoms with Gasteiger partial charge in [-0.2, -0.15) is 0 Å². The fourth-order valence-corrected chi connectivity index (χ4v) is 2.66. The number of hydrogen-bond donors (Lipinski definition) is 2.